The van der Waals surface area contributed by atoms with Crippen LogP contribution in [0.1, 0.15) is 12.1 Å². The molecule has 1 aliphatic heterocycles. The third-order valence-electron chi connectivity index (χ3n) is 3.32. The fraction of sp³-hybridized carbons (Fsp3) is 0.385. The Kier molecular flexibility index (Phi) is 2.76. The summed E-state index contributed by atoms with van der Waals surface area (Å²) in [4.78, 5) is 18.0. The van der Waals surface area contributed by atoms with Crippen LogP contribution >= 0.6 is 0 Å². The van der Waals surface area contributed by atoms with E-state index >= 15 is 0 Å². The highest BCUT2D eigenvalue weighted by Gasteiger charge is 2.29. The molecule has 0 spiro atoms. The Hall–Kier alpha value is -1.88. The van der Waals surface area contributed by atoms with Gasteiger partial charge >= 0.3 is 0 Å². The van der Waals surface area contributed by atoms with Crippen LogP contribution < -0.4 is 0 Å². The van der Waals surface area contributed by atoms with Crippen LogP contribution in [0, 0.1) is 5.92 Å². The molecule has 2 aromatic heterocycles. The minimum Gasteiger partial charge on any atom is -0.396 e. The van der Waals surface area contributed by atoms with Crippen LogP contribution in [0.3, 0.4) is 0 Å². The number of amides is 1. The molecule has 0 radical (unpaired) electrons. The minimum absolute atomic E-state index is 0.0768. The van der Waals surface area contributed by atoms with Gasteiger partial charge in [-0.2, -0.15) is 0 Å². The molecule has 3 rings (SSSR count). The fourth-order valence-corrected chi connectivity index (χ4v) is 2.39. The van der Waals surface area contributed by atoms with Crippen molar-refractivity contribution in [2.24, 2.45) is 5.92 Å². The van der Waals surface area contributed by atoms with E-state index in [9.17, 15) is 4.79 Å². The predicted molar refractivity (Wildman–Crippen MR) is 65.8 cm³/mol. The number of imidazole rings is 1. The summed E-state index contributed by atoms with van der Waals surface area (Å²) in [6.45, 7) is 1.23. The van der Waals surface area contributed by atoms with Gasteiger partial charge in [-0.25, -0.2) is 4.98 Å². The van der Waals surface area contributed by atoms with Gasteiger partial charge in [0.1, 0.15) is 5.65 Å². The Morgan fingerprint density at radius 1 is 1.44 bits per heavy atom. The van der Waals surface area contributed by atoms with E-state index in [0.717, 1.165) is 11.3 Å². The zero-order chi connectivity index (χ0) is 12.5. The highest BCUT2D eigenvalue weighted by atomic mass is 16.3. The summed E-state index contributed by atoms with van der Waals surface area (Å²) in [7, 11) is 0. The largest absolute Gasteiger partial charge is 0.396 e. The lowest BCUT2D eigenvalue weighted by Gasteiger charge is -2.14. The molecule has 1 N–H and O–H groups in total. The SMILES string of the molecule is O=C1CC(CO)CN1Cc1cn2ccccc2n1. The van der Waals surface area contributed by atoms with Gasteiger partial charge in [0.15, 0.2) is 0 Å². The maximum Gasteiger partial charge on any atom is 0.223 e. The van der Waals surface area contributed by atoms with Crippen LogP contribution in [-0.4, -0.2) is 38.4 Å². The second-order valence-corrected chi connectivity index (χ2v) is 4.73. The van der Waals surface area contributed by atoms with Gasteiger partial charge in [-0.3, -0.25) is 4.79 Å². The number of hydrogen-bond donors (Lipinski definition) is 1. The number of nitrogens with zero attached hydrogens (tertiary/aromatic N) is 3. The lowest BCUT2D eigenvalue weighted by atomic mass is 10.1. The molecule has 0 bridgehead atoms. The first-order chi connectivity index (χ1) is 8.76. The lowest BCUT2D eigenvalue weighted by Crippen LogP contribution is -2.25. The minimum atomic E-state index is 0.0768. The number of aromatic nitrogens is 2. The van der Waals surface area contributed by atoms with Crippen molar-refractivity contribution in [1.29, 1.82) is 0 Å². The van der Waals surface area contributed by atoms with Crippen molar-refractivity contribution in [3.05, 3.63) is 36.3 Å². The molecular formula is C13H15N3O2. The summed E-state index contributed by atoms with van der Waals surface area (Å²) in [5, 5.41) is 9.08. The number of carbonyl (C=O) groups is 1. The van der Waals surface area contributed by atoms with E-state index in [0.29, 0.717) is 19.5 Å². The van der Waals surface area contributed by atoms with Crippen molar-refractivity contribution in [2.75, 3.05) is 13.2 Å². The Morgan fingerprint density at radius 2 is 2.33 bits per heavy atom. The molecule has 1 atom stereocenters. The van der Waals surface area contributed by atoms with Crippen LogP contribution in [0.4, 0.5) is 0 Å². The molecule has 0 aliphatic carbocycles. The van der Waals surface area contributed by atoms with E-state index in [4.69, 9.17) is 5.11 Å². The number of carbonyl (C=O) groups excluding carboxylic acids is 1. The number of aliphatic hydroxyl groups excluding tert-OH is 1. The van der Waals surface area contributed by atoms with Crippen molar-refractivity contribution in [3.63, 3.8) is 0 Å². The summed E-state index contributed by atoms with van der Waals surface area (Å²) in [5.74, 6) is 0.181. The first-order valence-electron chi connectivity index (χ1n) is 6.07. The third-order valence-corrected chi connectivity index (χ3v) is 3.32. The number of likely N-dealkylation sites (tertiary alicyclic amines) is 1. The second-order valence-electron chi connectivity index (χ2n) is 4.73. The zero-order valence-corrected chi connectivity index (χ0v) is 9.99. The average Bonchev–Trinajstić information content (AvgIpc) is 2.93. The van der Waals surface area contributed by atoms with Crippen LogP contribution in [0.5, 0.6) is 0 Å². The number of pyridine rings is 1. The number of aliphatic hydroxyl groups is 1. The van der Waals surface area contributed by atoms with Gasteiger partial charge in [-0.15, -0.1) is 0 Å². The Labute approximate surface area is 105 Å². The van der Waals surface area contributed by atoms with E-state index < -0.39 is 0 Å². The summed E-state index contributed by atoms with van der Waals surface area (Å²) in [6.07, 6.45) is 4.33. The van der Waals surface area contributed by atoms with Gasteiger partial charge in [0.25, 0.3) is 0 Å². The zero-order valence-electron chi connectivity index (χ0n) is 9.99. The van der Waals surface area contributed by atoms with E-state index in [2.05, 4.69) is 4.98 Å². The van der Waals surface area contributed by atoms with Crippen LogP contribution in [0.2, 0.25) is 0 Å². The first kappa shape index (κ1) is 11.2. The summed E-state index contributed by atoms with van der Waals surface area (Å²) in [6, 6.07) is 5.82. The number of hydrogen-bond acceptors (Lipinski definition) is 3. The second kappa shape index (κ2) is 4.42. The van der Waals surface area contributed by atoms with Gasteiger partial charge in [0.05, 0.1) is 12.2 Å². The smallest absolute Gasteiger partial charge is 0.223 e. The number of rotatable bonds is 3. The molecule has 1 amide bonds. The van der Waals surface area contributed by atoms with Gasteiger partial charge in [0.2, 0.25) is 5.91 Å². The molecule has 0 saturated carbocycles. The molecule has 1 aliphatic rings. The van der Waals surface area contributed by atoms with Crippen molar-refractivity contribution < 1.29 is 9.90 Å². The van der Waals surface area contributed by atoms with E-state index in [1.165, 1.54) is 0 Å². The topological polar surface area (TPSA) is 57.8 Å². The standard InChI is InChI=1S/C13H15N3O2/c17-9-10-5-13(18)16(6-10)8-11-7-15-4-2-1-3-12(15)14-11/h1-4,7,10,17H,5-6,8-9H2. The van der Waals surface area contributed by atoms with Gasteiger partial charge < -0.3 is 14.4 Å². The van der Waals surface area contributed by atoms with Gasteiger partial charge in [-0.1, -0.05) is 6.07 Å². The van der Waals surface area contributed by atoms with Crippen LogP contribution in [0.15, 0.2) is 30.6 Å². The van der Waals surface area contributed by atoms with Crippen molar-refractivity contribution in [1.82, 2.24) is 14.3 Å². The average molecular weight is 245 g/mol. The number of fused-ring (bicyclic) bond motifs is 1. The molecule has 1 saturated heterocycles. The predicted octanol–water partition coefficient (Wildman–Crippen LogP) is 0.675. The van der Waals surface area contributed by atoms with Gasteiger partial charge in [-0.05, 0) is 12.1 Å². The van der Waals surface area contributed by atoms with E-state index in [1.807, 2.05) is 35.0 Å². The third kappa shape index (κ3) is 1.97. The van der Waals surface area contributed by atoms with Crippen molar-refractivity contribution in [2.45, 2.75) is 13.0 Å². The monoisotopic (exact) mass is 245 g/mol. The molecule has 5 heteroatoms. The molecule has 5 nitrogen and oxygen atoms in total. The Balaban J connectivity index is 1.78. The molecule has 1 unspecified atom stereocenters. The maximum absolute atomic E-state index is 11.7. The highest BCUT2D eigenvalue weighted by Crippen LogP contribution is 2.19. The summed E-state index contributed by atoms with van der Waals surface area (Å²) >= 11 is 0. The van der Waals surface area contributed by atoms with E-state index in [-0.39, 0.29) is 18.4 Å². The molecule has 18 heavy (non-hydrogen) atoms. The maximum atomic E-state index is 11.7. The molecule has 3 heterocycles. The summed E-state index contributed by atoms with van der Waals surface area (Å²) < 4.78 is 1.94. The normalized spacial score (nSPS) is 19.9. The van der Waals surface area contributed by atoms with Crippen LogP contribution in [-0.2, 0) is 11.3 Å². The van der Waals surface area contributed by atoms with Crippen molar-refractivity contribution in [3.8, 4) is 0 Å². The van der Waals surface area contributed by atoms with Gasteiger partial charge in [0, 0.05) is 37.9 Å². The van der Waals surface area contributed by atoms with E-state index in [1.54, 1.807) is 4.90 Å². The molecule has 2 aromatic rings. The molecule has 94 valence electrons. The Morgan fingerprint density at radius 3 is 3.06 bits per heavy atom. The first-order valence-corrected chi connectivity index (χ1v) is 6.07. The lowest BCUT2D eigenvalue weighted by molar-refractivity contribution is -0.128. The highest BCUT2D eigenvalue weighted by molar-refractivity contribution is 5.78. The van der Waals surface area contributed by atoms with Crippen LogP contribution in [0.25, 0.3) is 5.65 Å². The van der Waals surface area contributed by atoms with Crippen molar-refractivity contribution >= 4 is 11.6 Å². The molecular weight excluding hydrogens is 230 g/mol. The quantitative estimate of drug-likeness (QED) is 0.865. The molecule has 0 aromatic carbocycles. The fourth-order valence-electron chi connectivity index (χ4n) is 2.39. The molecule has 1 fully saturated rings. The Bertz CT molecular complexity index is 545. The summed E-state index contributed by atoms with van der Waals surface area (Å²) in [5.41, 5.74) is 1.77.